The molecule has 12 heteroatoms. The molecule has 0 spiro atoms. The molecule has 0 saturated carbocycles. The van der Waals surface area contributed by atoms with Gasteiger partial charge in [-0.05, 0) is 0 Å². The van der Waals surface area contributed by atoms with Crippen molar-refractivity contribution in [2.75, 3.05) is 30.5 Å². The van der Waals surface area contributed by atoms with Crippen molar-refractivity contribution in [1.82, 2.24) is 0 Å². The number of anilines is 3. The summed E-state index contributed by atoms with van der Waals surface area (Å²) in [6, 6.07) is 0. The minimum absolute atomic E-state index is 0.775. The van der Waals surface area contributed by atoms with Gasteiger partial charge in [-0.2, -0.15) is 13.2 Å². The van der Waals surface area contributed by atoms with Gasteiger partial charge in [0.2, 0.25) is 0 Å². The Labute approximate surface area is 115 Å². The maximum Gasteiger partial charge on any atom is 0.420 e. The van der Waals surface area contributed by atoms with Crippen LogP contribution in [0.4, 0.5) is 41.6 Å². The van der Waals surface area contributed by atoms with Gasteiger partial charge < -0.3 is 16.4 Å². The van der Waals surface area contributed by atoms with Crippen molar-refractivity contribution in [2.24, 2.45) is 0 Å². The molecule has 0 unspecified atom stereocenters. The highest BCUT2D eigenvalue weighted by atomic mass is 19.4. The van der Waals surface area contributed by atoms with E-state index in [0.29, 0.717) is 0 Å². The van der Waals surface area contributed by atoms with E-state index in [2.05, 4.69) is 0 Å². The molecule has 0 aliphatic heterocycles. The first-order valence-corrected chi connectivity index (χ1v) is 5.19. The molecule has 0 fully saturated rings. The molecule has 9 nitrogen and oxygen atoms in total. The van der Waals surface area contributed by atoms with Crippen LogP contribution in [0.2, 0.25) is 0 Å². The topological polar surface area (TPSA) is 142 Å². The van der Waals surface area contributed by atoms with Gasteiger partial charge in [-0.3, -0.25) is 20.2 Å². The summed E-state index contributed by atoms with van der Waals surface area (Å²) in [5.41, 5.74) is 3.02. The Morgan fingerprint density at radius 1 is 1.00 bits per heavy atom. The van der Waals surface area contributed by atoms with Crippen LogP contribution in [0.3, 0.4) is 0 Å². The quantitative estimate of drug-likeness (QED) is 0.492. The zero-order valence-corrected chi connectivity index (χ0v) is 10.8. The van der Waals surface area contributed by atoms with Crippen LogP contribution in [0, 0.1) is 20.2 Å². The second-order valence-electron chi connectivity index (χ2n) is 4.15. The summed E-state index contributed by atoms with van der Waals surface area (Å²) in [6.45, 7) is 0. The third-order valence-electron chi connectivity index (χ3n) is 2.59. The number of halogens is 3. The van der Waals surface area contributed by atoms with Crippen LogP contribution in [-0.2, 0) is 6.18 Å². The van der Waals surface area contributed by atoms with E-state index >= 15 is 0 Å². The van der Waals surface area contributed by atoms with Crippen LogP contribution in [-0.4, -0.2) is 23.9 Å². The first-order chi connectivity index (χ1) is 9.41. The van der Waals surface area contributed by atoms with Crippen molar-refractivity contribution >= 4 is 28.4 Å². The SMILES string of the molecule is CN(C)c1c([N+](=O)[O-])c(N)c([N+](=O)[O-])c(N)c1C(F)(F)F. The maximum atomic E-state index is 13.1. The lowest BCUT2D eigenvalue weighted by Crippen LogP contribution is -2.22. The van der Waals surface area contributed by atoms with E-state index in [1.54, 1.807) is 0 Å². The molecule has 0 bridgehead atoms. The summed E-state index contributed by atoms with van der Waals surface area (Å²) in [5.74, 6) is 0. The van der Waals surface area contributed by atoms with Gasteiger partial charge in [0, 0.05) is 14.1 Å². The number of nitro benzene ring substituents is 2. The second kappa shape index (κ2) is 4.96. The summed E-state index contributed by atoms with van der Waals surface area (Å²) >= 11 is 0. The van der Waals surface area contributed by atoms with Crippen LogP contribution in [0.1, 0.15) is 5.56 Å². The van der Waals surface area contributed by atoms with Crippen LogP contribution in [0.25, 0.3) is 0 Å². The average Bonchev–Trinajstić information content (AvgIpc) is 2.24. The second-order valence-corrected chi connectivity index (χ2v) is 4.15. The van der Waals surface area contributed by atoms with Gasteiger partial charge >= 0.3 is 17.6 Å². The van der Waals surface area contributed by atoms with Crippen molar-refractivity contribution in [1.29, 1.82) is 0 Å². The predicted molar refractivity (Wildman–Crippen MR) is 67.9 cm³/mol. The van der Waals surface area contributed by atoms with Crippen molar-refractivity contribution in [3.8, 4) is 0 Å². The van der Waals surface area contributed by atoms with Gasteiger partial charge in [0.15, 0.2) is 5.69 Å². The number of alkyl halides is 3. The number of rotatable bonds is 3. The summed E-state index contributed by atoms with van der Waals surface area (Å²) < 4.78 is 39.3. The Kier molecular flexibility index (Phi) is 3.84. The van der Waals surface area contributed by atoms with Gasteiger partial charge in [-0.25, -0.2) is 0 Å². The fourth-order valence-electron chi connectivity index (χ4n) is 1.85. The molecule has 4 N–H and O–H groups in total. The molecular weight excluding hydrogens is 299 g/mol. The molecule has 1 aromatic rings. The number of nitrogen functional groups attached to an aromatic ring is 2. The van der Waals surface area contributed by atoms with E-state index in [0.717, 1.165) is 19.0 Å². The van der Waals surface area contributed by atoms with Crippen LogP contribution >= 0.6 is 0 Å². The Balaban J connectivity index is 4.11. The van der Waals surface area contributed by atoms with Crippen LogP contribution in [0.5, 0.6) is 0 Å². The molecule has 0 aliphatic rings. The van der Waals surface area contributed by atoms with Crippen molar-refractivity contribution < 1.29 is 23.0 Å². The third-order valence-corrected chi connectivity index (χ3v) is 2.59. The van der Waals surface area contributed by atoms with Crippen LogP contribution < -0.4 is 16.4 Å². The Morgan fingerprint density at radius 3 is 1.71 bits per heavy atom. The Hall–Kier alpha value is -2.79. The van der Waals surface area contributed by atoms with E-state index in [-0.39, 0.29) is 0 Å². The standard InChI is InChI=1S/C9H10F3N5O4/c1-15(2)6-3(9(10,11)12)4(13)7(16(18)19)5(14)8(6)17(20)21/h13-14H2,1-2H3. The molecule has 0 amide bonds. The van der Waals surface area contributed by atoms with Gasteiger partial charge in [-0.15, -0.1) is 0 Å². The number of nitro groups is 2. The molecule has 0 heterocycles. The smallest absolute Gasteiger partial charge is 0.393 e. The lowest BCUT2D eigenvalue weighted by atomic mass is 10.0. The molecule has 0 atom stereocenters. The molecule has 0 aromatic heterocycles. The number of hydrogen-bond donors (Lipinski definition) is 2. The monoisotopic (exact) mass is 309 g/mol. The third kappa shape index (κ3) is 2.59. The first-order valence-electron chi connectivity index (χ1n) is 5.19. The van der Waals surface area contributed by atoms with Gasteiger partial charge in [0.05, 0.1) is 9.85 Å². The molecule has 0 saturated heterocycles. The Morgan fingerprint density at radius 2 is 1.43 bits per heavy atom. The molecule has 21 heavy (non-hydrogen) atoms. The van der Waals surface area contributed by atoms with E-state index in [4.69, 9.17) is 11.5 Å². The maximum absolute atomic E-state index is 13.1. The van der Waals surface area contributed by atoms with Crippen molar-refractivity contribution in [3.05, 3.63) is 25.8 Å². The number of nitrogens with zero attached hydrogens (tertiary/aromatic N) is 3. The van der Waals surface area contributed by atoms with Gasteiger partial charge in [0.1, 0.15) is 16.9 Å². The van der Waals surface area contributed by atoms with E-state index in [1.165, 1.54) is 0 Å². The summed E-state index contributed by atoms with van der Waals surface area (Å²) in [5, 5.41) is 21.8. The lowest BCUT2D eigenvalue weighted by Gasteiger charge is -2.21. The fraction of sp³-hybridized carbons (Fsp3) is 0.333. The summed E-state index contributed by atoms with van der Waals surface area (Å²) in [6.07, 6.45) is -5.13. The minimum atomic E-state index is -5.13. The minimum Gasteiger partial charge on any atom is -0.393 e. The number of nitrogens with two attached hydrogens (primary N) is 2. The first kappa shape index (κ1) is 16.3. The largest absolute Gasteiger partial charge is 0.420 e. The zero-order chi connectivity index (χ0) is 16.7. The lowest BCUT2D eigenvalue weighted by molar-refractivity contribution is -0.391. The average molecular weight is 309 g/mol. The van der Waals surface area contributed by atoms with Gasteiger partial charge in [-0.1, -0.05) is 0 Å². The van der Waals surface area contributed by atoms with Crippen molar-refractivity contribution in [3.63, 3.8) is 0 Å². The van der Waals surface area contributed by atoms with Crippen molar-refractivity contribution in [2.45, 2.75) is 6.18 Å². The van der Waals surface area contributed by atoms with Crippen LogP contribution in [0.15, 0.2) is 0 Å². The highest BCUT2D eigenvalue weighted by Gasteiger charge is 2.46. The summed E-state index contributed by atoms with van der Waals surface area (Å²) in [4.78, 5) is 20.1. The van der Waals surface area contributed by atoms with Gasteiger partial charge in [0.25, 0.3) is 0 Å². The predicted octanol–water partition coefficient (Wildman–Crippen LogP) is 1.75. The van der Waals surface area contributed by atoms with E-state index < -0.39 is 50.0 Å². The normalized spacial score (nSPS) is 11.3. The summed E-state index contributed by atoms with van der Waals surface area (Å²) in [7, 11) is 2.20. The zero-order valence-electron chi connectivity index (χ0n) is 10.8. The van der Waals surface area contributed by atoms with E-state index in [1.807, 2.05) is 0 Å². The number of hydrogen-bond acceptors (Lipinski definition) is 7. The Bertz CT molecular complexity index is 629. The highest BCUT2D eigenvalue weighted by molar-refractivity contribution is 5.93. The van der Waals surface area contributed by atoms with E-state index in [9.17, 15) is 33.4 Å². The molecule has 1 aromatic carbocycles. The molecule has 116 valence electrons. The number of benzene rings is 1. The molecule has 0 aliphatic carbocycles. The molecule has 0 radical (unpaired) electrons. The fourth-order valence-corrected chi connectivity index (χ4v) is 1.85. The molecular formula is C9H10F3N5O4. The highest BCUT2D eigenvalue weighted by Crippen LogP contribution is 2.52. The molecule has 1 rings (SSSR count).